The van der Waals surface area contributed by atoms with Gasteiger partial charge in [-0.3, -0.25) is 18.2 Å². The number of benzene rings is 4. The maximum atomic E-state index is 13.4. The summed E-state index contributed by atoms with van der Waals surface area (Å²) in [6, 6.07) is 29.2. The van der Waals surface area contributed by atoms with E-state index >= 15 is 0 Å². The molecule has 65 heavy (non-hydrogen) atoms. The average Bonchev–Trinajstić information content (AvgIpc) is 4.04. The third-order valence-corrected chi connectivity index (χ3v) is 14.0. The van der Waals surface area contributed by atoms with Crippen molar-refractivity contribution in [3.8, 4) is 33.4 Å². The molecular formula is C44H30MnN4O12S4. The molecule has 0 amide bonds. The van der Waals surface area contributed by atoms with Crippen molar-refractivity contribution in [2.24, 2.45) is 0 Å². The zero-order chi connectivity index (χ0) is 45.3. The zero-order valence-electron chi connectivity index (χ0n) is 32.8. The molecule has 9 rings (SSSR count). The number of rotatable bonds is 8. The van der Waals surface area contributed by atoms with Crippen LogP contribution in [-0.4, -0.2) is 71.8 Å². The van der Waals surface area contributed by atoms with Crippen LogP contribution in [0.3, 0.4) is 0 Å². The smallest absolute Gasteiger partial charge is 0.295 e. The summed E-state index contributed by atoms with van der Waals surface area (Å²) in [5, 5.41) is 0. The predicted molar refractivity (Wildman–Crippen MR) is 239 cm³/mol. The summed E-state index contributed by atoms with van der Waals surface area (Å²) in [6.45, 7) is 0. The second-order valence-electron chi connectivity index (χ2n) is 14.5. The van der Waals surface area contributed by atoms with Gasteiger partial charge in [-0.1, -0.05) is 72.8 Å². The van der Waals surface area contributed by atoms with E-state index in [-0.39, 0.29) is 89.7 Å². The van der Waals surface area contributed by atoms with Gasteiger partial charge in [0, 0.05) is 78.1 Å². The molecule has 1 radical (unpaired) electrons. The van der Waals surface area contributed by atoms with Crippen molar-refractivity contribution < 1.29 is 69.0 Å². The van der Waals surface area contributed by atoms with Crippen LogP contribution in [-0.2, 0) is 57.5 Å². The summed E-state index contributed by atoms with van der Waals surface area (Å²) in [7, 11) is -20.3. The fraction of sp³-hybridized carbons (Fsp3) is 0. The van der Waals surface area contributed by atoms with Crippen LogP contribution in [0.25, 0.3) is 79.2 Å². The number of nitrogens with one attached hydrogen (secondary N) is 2. The Hall–Kier alpha value is -6.36. The van der Waals surface area contributed by atoms with Gasteiger partial charge in [-0.05, 0) is 72.8 Å². The summed E-state index contributed by atoms with van der Waals surface area (Å²) in [5.41, 5.74) is 0.215. The Morgan fingerprint density at radius 1 is 0.415 bits per heavy atom. The van der Waals surface area contributed by atoms with E-state index in [1.165, 1.54) is 84.9 Å². The Kier molecular flexibility index (Phi) is 11.5. The minimum Gasteiger partial charge on any atom is -0.355 e. The minimum atomic E-state index is -5.15. The van der Waals surface area contributed by atoms with Crippen molar-refractivity contribution in [2.45, 2.75) is 19.6 Å². The Morgan fingerprint density at radius 3 is 1.31 bits per heavy atom. The molecule has 329 valence electrons. The fourth-order valence-electron chi connectivity index (χ4n) is 7.88. The summed E-state index contributed by atoms with van der Waals surface area (Å²) in [6.07, 6.45) is 4.80. The van der Waals surface area contributed by atoms with Crippen LogP contribution in [0.15, 0.2) is 147 Å². The molecule has 0 aliphatic carbocycles. The quantitative estimate of drug-likeness (QED) is 0.0621. The fourth-order valence-corrected chi connectivity index (χ4v) is 10.7. The van der Waals surface area contributed by atoms with Crippen molar-refractivity contribution in [3.63, 3.8) is 0 Å². The van der Waals surface area contributed by atoms with Crippen LogP contribution in [0, 0.1) is 0 Å². The molecule has 2 aliphatic rings. The van der Waals surface area contributed by atoms with E-state index in [2.05, 4.69) is 9.97 Å². The van der Waals surface area contributed by atoms with Crippen LogP contribution in [0.4, 0.5) is 0 Å². The van der Waals surface area contributed by atoms with Gasteiger partial charge in [0.15, 0.2) is 0 Å². The third kappa shape index (κ3) is 8.65. The molecule has 5 heterocycles. The Bertz CT molecular complexity index is 3860. The number of aromatic nitrogens is 4. The molecule has 0 unspecified atom stereocenters. The van der Waals surface area contributed by atoms with Gasteiger partial charge < -0.3 is 9.97 Å². The van der Waals surface area contributed by atoms with Crippen LogP contribution in [0.1, 0.15) is 28.3 Å². The van der Waals surface area contributed by atoms with Gasteiger partial charge in [-0.2, -0.15) is 33.7 Å². The monoisotopic (exact) mass is 989 g/mol. The van der Waals surface area contributed by atoms with Gasteiger partial charge in [0.1, 0.15) is 19.6 Å². The maximum absolute atomic E-state index is 13.4. The second kappa shape index (κ2) is 16.6. The third-order valence-electron chi connectivity index (χ3n) is 10.4. The van der Waals surface area contributed by atoms with Crippen LogP contribution in [0.2, 0.25) is 0 Å². The molecule has 16 nitrogen and oxygen atoms in total. The van der Waals surface area contributed by atoms with E-state index in [9.17, 15) is 51.9 Å². The number of H-pyrrole nitrogens is 2. The number of fused-ring (bicyclic) bond motifs is 8. The first-order valence-corrected chi connectivity index (χ1v) is 24.5. The standard InChI is InChI=1S/C44H30N4O12S4.Mn/c49-61(50,51)36-13-5-1-9-30(36)34-23-29-22-27-18-17-25(45-27)21-26-19-20-28(46-26)24-35-40(31-10-2-6-14-37(31)62(52,53)54)41(32-11-3-7-15-38(32)63(55,56)57)44(48-35)42(43(34)47-29)33-12-4-8-16-39(33)64(58,59)60;/h1-24,45,48H,(H,49,50,51)(H,52,53,54)(H,55,56,57)(H,58,59,60);. The molecule has 6 N–H and O–H groups in total. The molecule has 0 saturated heterocycles. The van der Waals surface area contributed by atoms with Crippen LogP contribution >= 0.6 is 0 Å². The van der Waals surface area contributed by atoms with E-state index in [0.717, 1.165) is 24.3 Å². The SMILES string of the molecule is O=S(=O)(O)c1ccccc1C1=Cc2cc3ccc(cc4nc(cc5[nH]c(c(-c6ccccc6S(=O)(=O)O)c1n2)c(-c1ccccc1S(=O)(=O)O)c5-c1ccccc1S(=O)(=O)O)C=C4)[nH]3.[Mn]. The zero-order valence-corrected chi connectivity index (χ0v) is 37.3. The Morgan fingerprint density at radius 2 is 0.815 bits per heavy atom. The van der Waals surface area contributed by atoms with Crippen molar-refractivity contribution >= 4 is 86.3 Å². The van der Waals surface area contributed by atoms with Crippen molar-refractivity contribution in [1.29, 1.82) is 0 Å². The number of hydrogen-bond donors (Lipinski definition) is 6. The van der Waals surface area contributed by atoms with E-state index in [4.69, 9.17) is 9.97 Å². The molecule has 0 fully saturated rings. The number of hydrogen-bond acceptors (Lipinski definition) is 10. The minimum absolute atomic E-state index is 0. The van der Waals surface area contributed by atoms with E-state index in [0.29, 0.717) is 16.7 Å². The van der Waals surface area contributed by atoms with Gasteiger partial charge in [-0.25, -0.2) is 9.97 Å². The Balaban J connectivity index is 0.00000576. The second-order valence-corrected chi connectivity index (χ2v) is 20.0. The molecule has 0 atom stereocenters. The van der Waals surface area contributed by atoms with Crippen molar-refractivity contribution in [3.05, 3.63) is 156 Å². The first kappa shape index (κ1) is 45.2. The molecule has 21 heteroatoms. The van der Waals surface area contributed by atoms with Gasteiger partial charge in [0.05, 0.1) is 28.3 Å². The van der Waals surface area contributed by atoms with Crippen LogP contribution < -0.4 is 0 Å². The van der Waals surface area contributed by atoms with Gasteiger partial charge in [0.25, 0.3) is 40.5 Å². The molecular weight excluding hydrogens is 960 g/mol. The first-order chi connectivity index (χ1) is 30.3. The molecule has 0 saturated carbocycles. The molecule has 0 spiro atoms. The summed E-state index contributed by atoms with van der Waals surface area (Å²) in [4.78, 5) is 13.6. The summed E-state index contributed by atoms with van der Waals surface area (Å²) in [5.74, 6) is 0. The van der Waals surface area contributed by atoms with E-state index in [1.54, 1.807) is 36.4 Å². The molecule has 8 bridgehead atoms. The molecule has 2 aliphatic heterocycles. The van der Waals surface area contributed by atoms with Gasteiger partial charge >= 0.3 is 0 Å². The Labute approximate surface area is 381 Å². The summed E-state index contributed by atoms with van der Waals surface area (Å²) >= 11 is 0. The van der Waals surface area contributed by atoms with Crippen molar-refractivity contribution in [1.82, 2.24) is 19.9 Å². The molecule has 7 aromatic rings. The van der Waals surface area contributed by atoms with E-state index < -0.39 is 60.1 Å². The van der Waals surface area contributed by atoms with Crippen LogP contribution in [0.5, 0.6) is 0 Å². The largest absolute Gasteiger partial charge is 0.355 e. The molecule has 3 aromatic heterocycles. The molecule has 4 aromatic carbocycles. The number of aromatic amines is 2. The maximum Gasteiger partial charge on any atom is 0.295 e. The van der Waals surface area contributed by atoms with Crippen molar-refractivity contribution in [2.75, 3.05) is 0 Å². The topological polar surface area (TPSA) is 275 Å². The average molecular weight is 990 g/mol. The predicted octanol–water partition coefficient (Wildman–Crippen LogP) is 8.06. The summed E-state index contributed by atoms with van der Waals surface area (Å²) < 4.78 is 149. The first-order valence-electron chi connectivity index (χ1n) is 18.7. The van der Waals surface area contributed by atoms with Gasteiger partial charge in [0.2, 0.25) is 0 Å². The normalized spacial score (nSPS) is 13.0. The van der Waals surface area contributed by atoms with E-state index in [1.807, 2.05) is 0 Å². The number of nitrogens with zero attached hydrogens (tertiary/aromatic N) is 2. The van der Waals surface area contributed by atoms with Gasteiger partial charge in [-0.15, -0.1) is 0 Å².